The van der Waals surface area contributed by atoms with Gasteiger partial charge in [-0.3, -0.25) is 0 Å². The zero-order valence-electron chi connectivity index (χ0n) is 10.9. The molecule has 0 unspecified atom stereocenters. The maximum atomic E-state index is 11.3. The third-order valence-electron chi connectivity index (χ3n) is 2.93. The van der Waals surface area contributed by atoms with Crippen LogP contribution in [0.2, 0.25) is 0 Å². The second kappa shape index (κ2) is 4.72. The number of fused-ring (bicyclic) bond motifs is 1. The summed E-state index contributed by atoms with van der Waals surface area (Å²) >= 11 is 0. The Morgan fingerprint density at radius 1 is 1.39 bits per heavy atom. The van der Waals surface area contributed by atoms with Gasteiger partial charge in [0.05, 0.1) is 7.11 Å². The normalized spacial score (nSPS) is 11.5. The van der Waals surface area contributed by atoms with Crippen LogP contribution in [0.3, 0.4) is 0 Å². The van der Waals surface area contributed by atoms with E-state index in [2.05, 4.69) is 21.1 Å². The second-order valence-corrected chi connectivity index (χ2v) is 5.04. The Balaban J connectivity index is 2.20. The minimum absolute atomic E-state index is 0.349. The van der Waals surface area contributed by atoms with Crippen molar-refractivity contribution < 1.29 is 9.53 Å². The largest absolute Gasteiger partial charge is 0.453 e. The van der Waals surface area contributed by atoms with Gasteiger partial charge < -0.3 is 15.0 Å². The van der Waals surface area contributed by atoms with Gasteiger partial charge in [0, 0.05) is 22.6 Å². The zero-order chi connectivity index (χ0) is 13.2. The first-order valence-electron chi connectivity index (χ1n) is 5.93. The highest BCUT2D eigenvalue weighted by molar-refractivity contribution is 5.83. The van der Waals surface area contributed by atoms with E-state index in [1.54, 1.807) is 0 Å². The van der Waals surface area contributed by atoms with Crippen molar-refractivity contribution in [3.63, 3.8) is 0 Å². The Bertz CT molecular complexity index is 558. The SMILES string of the molecule is COC(=O)NC(C)(C)Cc1c[nH]c2ccccc12. The summed E-state index contributed by atoms with van der Waals surface area (Å²) < 4.78 is 4.63. The molecule has 0 saturated carbocycles. The standard InChI is InChI=1S/C14H18N2O2/c1-14(2,16-13(17)18-3)8-10-9-15-12-7-5-4-6-11(10)12/h4-7,9,15H,8H2,1-3H3,(H,16,17). The summed E-state index contributed by atoms with van der Waals surface area (Å²) in [5.74, 6) is 0. The molecular formula is C14H18N2O2. The summed E-state index contributed by atoms with van der Waals surface area (Å²) in [5, 5.41) is 4.03. The summed E-state index contributed by atoms with van der Waals surface area (Å²) in [6.07, 6.45) is 2.33. The monoisotopic (exact) mass is 246 g/mol. The molecular weight excluding hydrogens is 228 g/mol. The summed E-state index contributed by atoms with van der Waals surface area (Å²) in [5.41, 5.74) is 1.95. The summed E-state index contributed by atoms with van der Waals surface area (Å²) in [6.45, 7) is 3.96. The smallest absolute Gasteiger partial charge is 0.407 e. The Kier molecular flexibility index (Phi) is 3.28. The number of aromatic nitrogens is 1. The maximum absolute atomic E-state index is 11.3. The van der Waals surface area contributed by atoms with Crippen LogP contribution in [0.25, 0.3) is 10.9 Å². The number of benzene rings is 1. The molecule has 18 heavy (non-hydrogen) atoms. The van der Waals surface area contributed by atoms with Crippen molar-refractivity contribution in [2.24, 2.45) is 0 Å². The average molecular weight is 246 g/mol. The predicted octanol–water partition coefficient (Wildman–Crippen LogP) is 2.85. The summed E-state index contributed by atoms with van der Waals surface area (Å²) in [4.78, 5) is 14.5. The van der Waals surface area contributed by atoms with Gasteiger partial charge in [-0.05, 0) is 31.9 Å². The quantitative estimate of drug-likeness (QED) is 0.875. The highest BCUT2D eigenvalue weighted by atomic mass is 16.5. The van der Waals surface area contributed by atoms with Crippen LogP contribution in [0, 0.1) is 0 Å². The highest BCUT2D eigenvalue weighted by Crippen LogP contribution is 2.22. The van der Waals surface area contributed by atoms with E-state index < -0.39 is 6.09 Å². The molecule has 0 spiro atoms. The van der Waals surface area contributed by atoms with E-state index in [4.69, 9.17) is 0 Å². The number of ether oxygens (including phenoxy) is 1. The predicted molar refractivity (Wildman–Crippen MR) is 71.6 cm³/mol. The van der Waals surface area contributed by atoms with Gasteiger partial charge in [0.2, 0.25) is 0 Å². The molecule has 2 N–H and O–H groups in total. The minimum Gasteiger partial charge on any atom is -0.453 e. The molecule has 2 aromatic rings. The number of H-pyrrole nitrogens is 1. The lowest BCUT2D eigenvalue weighted by molar-refractivity contribution is 0.159. The molecule has 1 aromatic carbocycles. The molecule has 0 atom stereocenters. The minimum atomic E-state index is -0.403. The average Bonchev–Trinajstić information content (AvgIpc) is 2.71. The molecule has 1 amide bonds. The number of hydrogen-bond acceptors (Lipinski definition) is 2. The van der Waals surface area contributed by atoms with Crippen LogP contribution in [0.1, 0.15) is 19.4 Å². The fraction of sp³-hybridized carbons (Fsp3) is 0.357. The number of amides is 1. The fourth-order valence-electron chi connectivity index (χ4n) is 2.13. The van der Waals surface area contributed by atoms with Crippen molar-refractivity contribution >= 4 is 17.0 Å². The lowest BCUT2D eigenvalue weighted by Crippen LogP contribution is -2.45. The molecule has 4 heteroatoms. The van der Waals surface area contributed by atoms with Gasteiger partial charge in [-0.25, -0.2) is 4.79 Å². The van der Waals surface area contributed by atoms with Crippen molar-refractivity contribution in [1.29, 1.82) is 0 Å². The molecule has 0 radical (unpaired) electrons. The fourth-order valence-corrected chi connectivity index (χ4v) is 2.13. The van der Waals surface area contributed by atoms with E-state index in [9.17, 15) is 4.79 Å². The number of carbonyl (C=O) groups excluding carboxylic acids is 1. The number of para-hydroxylation sites is 1. The van der Waals surface area contributed by atoms with Crippen LogP contribution < -0.4 is 5.32 Å². The zero-order valence-corrected chi connectivity index (χ0v) is 10.9. The van der Waals surface area contributed by atoms with Gasteiger partial charge in [-0.2, -0.15) is 0 Å². The molecule has 96 valence electrons. The third kappa shape index (κ3) is 2.64. The van der Waals surface area contributed by atoms with E-state index in [1.165, 1.54) is 18.1 Å². The lowest BCUT2D eigenvalue weighted by atomic mass is 9.95. The molecule has 0 bridgehead atoms. The van der Waals surface area contributed by atoms with Gasteiger partial charge >= 0.3 is 6.09 Å². The molecule has 0 fully saturated rings. The molecule has 0 aliphatic heterocycles. The number of nitrogens with one attached hydrogen (secondary N) is 2. The van der Waals surface area contributed by atoms with Crippen LogP contribution in [-0.4, -0.2) is 23.7 Å². The molecule has 1 heterocycles. The molecule has 1 aromatic heterocycles. The van der Waals surface area contributed by atoms with E-state index in [0.29, 0.717) is 0 Å². The van der Waals surface area contributed by atoms with Crippen LogP contribution in [0.15, 0.2) is 30.5 Å². The number of rotatable bonds is 3. The number of methoxy groups -OCH3 is 1. The van der Waals surface area contributed by atoms with Crippen molar-refractivity contribution in [2.75, 3.05) is 7.11 Å². The Labute approximate surface area is 106 Å². The molecule has 2 rings (SSSR count). The lowest BCUT2D eigenvalue weighted by Gasteiger charge is -2.25. The number of aromatic amines is 1. The van der Waals surface area contributed by atoms with Gasteiger partial charge in [0.1, 0.15) is 0 Å². The maximum Gasteiger partial charge on any atom is 0.407 e. The van der Waals surface area contributed by atoms with E-state index in [-0.39, 0.29) is 5.54 Å². The highest BCUT2D eigenvalue weighted by Gasteiger charge is 2.22. The topological polar surface area (TPSA) is 54.1 Å². The Hall–Kier alpha value is -1.97. The summed E-state index contributed by atoms with van der Waals surface area (Å²) in [7, 11) is 1.37. The van der Waals surface area contributed by atoms with Crippen molar-refractivity contribution in [2.45, 2.75) is 25.8 Å². The number of hydrogen-bond donors (Lipinski definition) is 2. The van der Waals surface area contributed by atoms with Crippen LogP contribution >= 0.6 is 0 Å². The van der Waals surface area contributed by atoms with Crippen LogP contribution in [0.4, 0.5) is 4.79 Å². The Morgan fingerprint density at radius 2 is 2.11 bits per heavy atom. The Morgan fingerprint density at radius 3 is 2.83 bits per heavy atom. The summed E-state index contributed by atoms with van der Waals surface area (Å²) in [6, 6.07) is 8.13. The first kappa shape index (κ1) is 12.5. The number of alkyl carbamates (subject to hydrolysis) is 1. The second-order valence-electron chi connectivity index (χ2n) is 5.04. The van der Waals surface area contributed by atoms with Crippen LogP contribution in [0.5, 0.6) is 0 Å². The van der Waals surface area contributed by atoms with Gasteiger partial charge in [-0.15, -0.1) is 0 Å². The molecule has 0 aliphatic rings. The molecule has 4 nitrogen and oxygen atoms in total. The first-order chi connectivity index (χ1) is 8.52. The van der Waals surface area contributed by atoms with Crippen molar-refractivity contribution in [1.82, 2.24) is 10.3 Å². The van der Waals surface area contributed by atoms with Gasteiger partial charge in [0.15, 0.2) is 0 Å². The van der Waals surface area contributed by atoms with E-state index >= 15 is 0 Å². The first-order valence-corrected chi connectivity index (χ1v) is 5.93. The van der Waals surface area contributed by atoms with Gasteiger partial charge in [0.25, 0.3) is 0 Å². The molecule has 0 aliphatic carbocycles. The van der Waals surface area contributed by atoms with E-state index in [0.717, 1.165) is 11.9 Å². The van der Waals surface area contributed by atoms with Crippen molar-refractivity contribution in [3.8, 4) is 0 Å². The molecule has 0 saturated heterocycles. The van der Waals surface area contributed by atoms with E-state index in [1.807, 2.05) is 38.2 Å². The van der Waals surface area contributed by atoms with Crippen molar-refractivity contribution in [3.05, 3.63) is 36.0 Å². The third-order valence-corrected chi connectivity index (χ3v) is 2.93. The number of carbonyl (C=O) groups is 1. The van der Waals surface area contributed by atoms with Crippen LogP contribution in [-0.2, 0) is 11.2 Å². The van der Waals surface area contributed by atoms with Gasteiger partial charge in [-0.1, -0.05) is 18.2 Å².